The van der Waals surface area contributed by atoms with E-state index in [1.807, 2.05) is 78.9 Å². The van der Waals surface area contributed by atoms with Gasteiger partial charge in [0.2, 0.25) is 17.7 Å². The molecular weight excluding hydrogens is 671 g/mol. The van der Waals surface area contributed by atoms with Crippen molar-refractivity contribution >= 4 is 74.1 Å². The lowest BCUT2D eigenvalue weighted by molar-refractivity contribution is -0.146. The van der Waals surface area contributed by atoms with Crippen LogP contribution in [0.3, 0.4) is 0 Å². The molecule has 0 aromatic heterocycles. The monoisotopic (exact) mass is 692 g/mol. The zero-order valence-corrected chi connectivity index (χ0v) is 26.6. The number of anilines is 1. The maximum absolute atomic E-state index is 14.6. The van der Waals surface area contributed by atoms with E-state index in [2.05, 4.69) is 21.2 Å². The summed E-state index contributed by atoms with van der Waals surface area (Å²) in [6.07, 6.45) is 0.109. The Morgan fingerprint density at radius 3 is 1.77 bits per heavy atom. The molecule has 0 spiro atoms. The van der Waals surface area contributed by atoms with Gasteiger partial charge in [0.15, 0.2) is 0 Å². The Bertz CT molecular complexity index is 1720. The highest BCUT2D eigenvalue weighted by atomic mass is 79.9. The van der Waals surface area contributed by atoms with Gasteiger partial charge in [-0.05, 0) is 68.4 Å². The SMILES string of the molecule is Cc1c(NC(=O)[C@@H](Cc2ccccc2)N2C(=O)[C@@H]3[C@H](C2=O)C2(Cl)c4ccccc4C3(Cl)c3ccccc32)ccc(Br)c1Cl. The topological polar surface area (TPSA) is 66.5 Å². The van der Waals surface area contributed by atoms with Crippen molar-refractivity contribution in [3.8, 4) is 0 Å². The molecule has 1 saturated heterocycles. The number of hydrogen-bond donors (Lipinski definition) is 1. The van der Waals surface area contributed by atoms with Crippen molar-refractivity contribution in [2.45, 2.75) is 29.1 Å². The van der Waals surface area contributed by atoms with Crippen LogP contribution in [0.4, 0.5) is 5.69 Å². The first-order chi connectivity index (χ1) is 20.6. The Balaban J connectivity index is 1.36. The van der Waals surface area contributed by atoms with Crippen LogP contribution in [0.2, 0.25) is 5.02 Å². The summed E-state index contributed by atoms with van der Waals surface area (Å²) < 4.78 is 0.689. The number of carbonyl (C=O) groups excluding carboxylic acids is 3. The molecule has 3 amide bonds. The fourth-order valence-electron chi connectivity index (χ4n) is 7.14. The Morgan fingerprint density at radius 2 is 1.28 bits per heavy atom. The number of nitrogens with zero attached hydrogens (tertiary/aromatic N) is 1. The summed E-state index contributed by atoms with van der Waals surface area (Å²) in [4.78, 5) is 41.8. The zero-order valence-electron chi connectivity index (χ0n) is 22.8. The van der Waals surface area contributed by atoms with Crippen molar-refractivity contribution in [1.82, 2.24) is 4.90 Å². The molecule has 43 heavy (non-hydrogen) atoms. The Morgan fingerprint density at radius 1 is 0.814 bits per heavy atom. The molecule has 4 aromatic rings. The second-order valence-corrected chi connectivity index (χ2v) is 13.7. The molecule has 3 atom stereocenters. The van der Waals surface area contributed by atoms with Crippen LogP contribution in [-0.4, -0.2) is 28.7 Å². The predicted molar refractivity (Wildman–Crippen MR) is 171 cm³/mol. The largest absolute Gasteiger partial charge is 0.324 e. The Hall–Kier alpha value is -3.16. The van der Waals surface area contributed by atoms with Gasteiger partial charge in [0.1, 0.15) is 15.8 Å². The molecule has 1 aliphatic heterocycles. The van der Waals surface area contributed by atoms with E-state index in [0.29, 0.717) is 43.0 Å². The molecule has 9 heteroatoms. The first kappa shape index (κ1) is 28.6. The maximum atomic E-state index is 14.6. The maximum Gasteiger partial charge on any atom is 0.248 e. The van der Waals surface area contributed by atoms with E-state index in [1.54, 1.807) is 19.1 Å². The predicted octanol–water partition coefficient (Wildman–Crippen LogP) is 7.55. The summed E-state index contributed by atoms with van der Waals surface area (Å²) in [5, 5.41) is 3.39. The first-order valence-electron chi connectivity index (χ1n) is 13.8. The fraction of sp³-hybridized carbons (Fsp3) is 0.206. The van der Waals surface area contributed by atoms with Crippen LogP contribution in [0.25, 0.3) is 0 Å². The Labute approximate surface area is 272 Å². The molecule has 1 fully saturated rings. The lowest BCUT2D eigenvalue weighted by atomic mass is 9.54. The smallest absolute Gasteiger partial charge is 0.248 e. The summed E-state index contributed by atoms with van der Waals surface area (Å²) in [7, 11) is 0. The number of halogens is 4. The van der Waals surface area contributed by atoms with Crippen LogP contribution < -0.4 is 5.32 Å². The van der Waals surface area contributed by atoms with Gasteiger partial charge in [-0.25, -0.2) is 0 Å². The third kappa shape index (κ3) is 3.93. The van der Waals surface area contributed by atoms with Crippen LogP contribution in [0.5, 0.6) is 0 Å². The summed E-state index contributed by atoms with van der Waals surface area (Å²) in [6, 6.07) is 26.5. The molecule has 2 bridgehead atoms. The van der Waals surface area contributed by atoms with Crippen molar-refractivity contribution < 1.29 is 14.4 Å². The van der Waals surface area contributed by atoms with Crippen LogP contribution in [0.15, 0.2) is 95.5 Å². The van der Waals surface area contributed by atoms with Crippen molar-refractivity contribution in [2.75, 3.05) is 5.32 Å². The fourth-order valence-corrected chi connectivity index (χ4v) is 8.83. The van der Waals surface area contributed by atoms with Crippen LogP contribution in [-0.2, 0) is 30.6 Å². The third-order valence-corrected chi connectivity index (χ3v) is 11.8. The molecule has 216 valence electrons. The van der Waals surface area contributed by atoms with E-state index < -0.39 is 45.3 Å². The third-order valence-electron chi connectivity index (χ3n) is 9.10. The van der Waals surface area contributed by atoms with Gasteiger partial charge in [0.25, 0.3) is 0 Å². The minimum atomic E-state index is -1.33. The van der Waals surface area contributed by atoms with Gasteiger partial charge >= 0.3 is 0 Å². The van der Waals surface area contributed by atoms with Gasteiger partial charge in [0.05, 0.1) is 16.9 Å². The van der Waals surface area contributed by atoms with Crippen molar-refractivity contribution in [2.24, 2.45) is 11.8 Å². The number of alkyl halides is 2. The van der Waals surface area contributed by atoms with E-state index in [1.165, 1.54) is 0 Å². The number of benzene rings is 4. The number of nitrogens with one attached hydrogen (secondary N) is 1. The number of amides is 3. The molecule has 0 saturated carbocycles. The van der Waals surface area contributed by atoms with E-state index in [-0.39, 0.29) is 6.42 Å². The van der Waals surface area contributed by atoms with Gasteiger partial charge in [-0.15, -0.1) is 23.2 Å². The van der Waals surface area contributed by atoms with E-state index in [0.717, 1.165) is 10.5 Å². The van der Waals surface area contributed by atoms with E-state index in [4.69, 9.17) is 34.8 Å². The molecule has 8 rings (SSSR count). The summed E-state index contributed by atoms with van der Waals surface area (Å²) in [6.45, 7) is 1.79. The van der Waals surface area contributed by atoms with Crippen molar-refractivity contribution in [3.05, 3.63) is 134 Å². The molecule has 1 heterocycles. The van der Waals surface area contributed by atoms with Crippen LogP contribution in [0.1, 0.15) is 33.4 Å². The first-order valence-corrected chi connectivity index (χ1v) is 15.8. The number of hydrogen-bond acceptors (Lipinski definition) is 3. The summed E-state index contributed by atoms with van der Waals surface area (Å²) >= 11 is 25.0. The Kier molecular flexibility index (Phi) is 6.78. The molecular formula is C34H24BrCl3N2O3. The average Bonchev–Trinajstić information content (AvgIpc) is 3.30. The second-order valence-electron chi connectivity index (χ2n) is 11.2. The molecule has 0 unspecified atom stereocenters. The average molecular weight is 695 g/mol. The molecule has 3 aliphatic carbocycles. The standard InChI is InChI=1S/C34H24BrCl3N2O3/c1-18-25(16-15-24(35)29(18)36)39-30(41)26(17-19-9-3-2-4-10-19)40-31(42)27-28(32(40)43)34(38)21-12-6-5-11-20(21)33(27,37)22-13-7-8-14-23(22)34/h2-16,26-28H,17H2,1H3,(H,39,41)/t26-,27-,28+,33?,34?/m1/s1. The molecule has 4 aliphatic rings. The van der Waals surface area contributed by atoms with Crippen molar-refractivity contribution in [3.63, 3.8) is 0 Å². The second kappa shape index (κ2) is 10.2. The molecule has 5 nitrogen and oxygen atoms in total. The van der Waals surface area contributed by atoms with Crippen LogP contribution in [0, 0.1) is 18.8 Å². The minimum Gasteiger partial charge on any atom is -0.324 e. The van der Waals surface area contributed by atoms with Crippen LogP contribution >= 0.6 is 50.7 Å². The van der Waals surface area contributed by atoms with Gasteiger partial charge < -0.3 is 5.32 Å². The number of rotatable bonds is 5. The van der Waals surface area contributed by atoms with E-state index in [9.17, 15) is 14.4 Å². The minimum absolute atomic E-state index is 0.109. The van der Waals surface area contributed by atoms with Gasteiger partial charge in [-0.2, -0.15) is 0 Å². The molecule has 4 aromatic carbocycles. The van der Waals surface area contributed by atoms with Gasteiger partial charge in [-0.3, -0.25) is 19.3 Å². The lowest BCUT2D eigenvalue weighted by Crippen LogP contribution is -2.57. The van der Waals surface area contributed by atoms with Gasteiger partial charge in [-0.1, -0.05) is 90.5 Å². The molecule has 1 N–H and O–H groups in total. The quantitative estimate of drug-likeness (QED) is 0.173. The zero-order chi connectivity index (χ0) is 30.3. The summed E-state index contributed by atoms with van der Waals surface area (Å²) in [5.41, 5.74) is 4.75. The number of likely N-dealkylation sites (tertiary alicyclic amines) is 1. The highest BCUT2D eigenvalue weighted by molar-refractivity contribution is 9.10. The normalized spacial score (nSPS) is 25.7. The number of carbonyl (C=O) groups is 3. The lowest BCUT2D eigenvalue weighted by Gasteiger charge is -2.54. The van der Waals surface area contributed by atoms with E-state index >= 15 is 0 Å². The molecule has 0 radical (unpaired) electrons. The highest BCUT2D eigenvalue weighted by Crippen LogP contribution is 2.69. The van der Waals surface area contributed by atoms with Gasteiger partial charge in [0, 0.05) is 16.6 Å². The summed E-state index contributed by atoms with van der Waals surface area (Å²) in [5.74, 6) is -3.54. The number of imide groups is 1. The van der Waals surface area contributed by atoms with Crippen molar-refractivity contribution in [1.29, 1.82) is 0 Å². The highest BCUT2D eigenvalue weighted by Gasteiger charge is 2.73.